The van der Waals surface area contributed by atoms with Crippen molar-refractivity contribution in [3.8, 4) is 0 Å². The Morgan fingerprint density at radius 3 is 2.60 bits per heavy atom. The van der Waals surface area contributed by atoms with Crippen LogP contribution in [0.1, 0.15) is 30.1 Å². The molecule has 0 aliphatic heterocycles. The topological polar surface area (TPSA) is 98.5 Å². The summed E-state index contributed by atoms with van der Waals surface area (Å²) in [6.45, 7) is 2.15. The second kappa shape index (κ2) is 7.37. The highest BCUT2D eigenvalue weighted by Gasteiger charge is 2.24. The maximum atomic E-state index is 12.3. The lowest BCUT2D eigenvalue weighted by Crippen LogP contribution is -2.40. The van der Waals surface area contributed by atoms with Gasteiger partial charge in [-0.25, -0.2) is 17.9 Å². The standard InChI is InChI=1S/C13H20N2O4S/c1-3-6-10(9-14)15-20(17,18)12-8-5-4-7-11(12)13(16)19-2/h4-5,7-8,10,15H,3,6,9,14H2,1-2H3. The van der Waals surface area contributed by atoms with Gasteiger partial charge in [-0.3, -0.25) is 0 Å². The van der Waals surface area contributed by atoms with E-state index in [2.05, 4.69) is 9.46 Å². The SMILES string of the molecule is CCCC(CN)NS(=O)(=O)c1ccccc1C(=O)OC. The van der Waals surface area contributed by atoms with Crippen molar-refractivity contribution in [3.05, 3.63) is 29.8 Å². The summed E-state index contributed by atoms with van der Waals surface area (Å²) in [7, 11) is -2.60. The average Bonchev–Trinajstić information content (AvgIpc) is 2.45. The molecule has 0 aliphatic rings. The Hall–Kier alpha value is -1.44. The van der Waals surface area contributed by atoms with Gasteiger partial charge in [-0.1, -0.05) is 25.5 Å². The highest BCUT2D eigenvalue weighted by Crippen LogP contribution is 2.17. The lowest BCUT2D eigenvalue weighted by atomic mass is 10.2. The molecule has 1 atom stereocenters. The predicted octanol–water partition coefficient (Wildman–Crippen LogP) is 0.879. The van der Waals surface area contributed by atoms with Crippen LogP contribution in [-0.4, -0.2) is 34.1 Å². The van der Waals surface area contributed by atoms with Crippen molar-refractivity contribution >= 4 is 16.0 Å². The van der Waals surface area contributed by atoms with Crippen LogP contribution in [0.15, 0.2) is 29.2 Å². The molecular formula is C13H20N2O4S. The van der Waals surface area contributed by atoms with Crippen LogP contribution in [0.5, 0.6) is 0 Å². The molecule has 0 bridgehead atoms. The van der Waals surface area contributed by atoms with E-state index in [9.17, 15) is 13.2 Å². The van der Waals surface area contributed by atoms with E-state index >= 15 is 0 Å². The molecule has 0 saturated carbocycles. The molecule has 0 amide bonds. The number of ether oxygens (including phenoxy) is 1. The first-order valence-corrected chi connectivity index (χ1v) is 7.84. The molecule has 1 aromatic rings. The number of nitrogens with one attached hydrogen (secondary N) is 1. The largest absolute Gasteiger partial charge is 0.465 e. The lowest BCUT2D eigenvalue weighted by molar-refractivity contribution is 0.0596. The highest BCUT2D eigenvalue weighted by atomic mass is 32.2. The van der Waals surface area contributed by atoms with E-state index in [1.807, 2.05) is 6.92 Å². The van der Waals surface area contributed by atoms with E-state index in [1.54, 1.807) is 12.1 Å². The highest BCUT2D eigenvalue weighted by molar-refractivity contribution is 7.89. The third-order valence-corrected chi connectivity index (χ3v) is 4.40. The fourth-order valence-electron chi connectivity index (χ4n) is 1.84. The minimum atomic E-state index is -3.81. The molecule has 0 radical (unpaired) electrons. The zero-order valence-electron chi connectivity index (χ0n) is 11.6. The molecule has 0 aromatic heterocycles. The molecule has 6 nitrogen and oxygen atoms in total. The number of rotatable bonds is 7. The summed E-state index contributed by atoms with van der Waals surface area (Å²) in [6, 6.07) is 5.57. The first-order chi connectivity index (χ1) is 9.46. The van der Waals surface area contributed by atoms with Gasteiger partial charge in [-0.15, -0.1) is 0 Å². The summed E-state index contributed by atoms with van der Waals surface area (Å²) in [4.78, 5) is 11.5. The van der Waals surface area contributed by atoms with Gasteiger partial charge in [-0.05, 0) is 18.6 Å². The molecule has 1 unspecified atom stereocenters. The van der Waals surface area contributed by atoms with Gasteiger partial charge in [0.05, 0.1) is 17.6 Å². The quantitative estimate of drug-likeness (QED) is 0.728. The Kier molecular flexibility index (Phi) is 6.12. The molecule has 0 saturated heterocycles. The maximum absolute atomic E-state index is 12.3. The van der Waals surface area contributed by atoms with Crippen molar-refractivity contribution in [3.63, 3.8) is 0 Å². The summed E-state index contributed by atoms with van der Waals surface area (Å²) in [5.74, 6) is -0.689. The average molecular weight is 300 g/mol. The van der Waals surface area contributed by atoms with Crippen LogP contribution in [0.2, 0.25) is 0 Å². The van der Waals surface area contributed by atoms with E-state index in [-0.39, 0.29) is 23.0 Å². The van der Waals surface area contributed by atoms with Gasteiger partial charge in [0.2, 0.25) is 10.0 Å². The van der Waals surface area contributed by atoms with Gasteiger partial charge in [0.1, 0.15) is 0 Å². The van der Waals surface area contributed by atoms with E-state index in [0.717, 1.165) is 6.42 Å². The normalized spacial score (nSPS) is 12.9. The van der Waals surface area contributed by atoms with Gasteiger partial charge in [0, 0.05) is 12.6 Å². The Morgan fingerprint density at radius 1 is 1.40 bits per heavy atom. The summed E-state index contributed by atoms with van der Waals surface area (Å²) >= 11 is 0. The Labute approximate surface area is 119 Å². The fourth-order valence-corrected chi connectivity index (χ4v) is 3.31. The Balaban J connectivity index is 3.12. The summed E-state index contributed by atoms with van der Waals surface area (Å²) in [5, 5.41) is 0. The van der Waals surface area contributed by atoms with Crippen molar-refractivity contribution in [2.45, 2.75) is 30.7 Å². The van der Waals surface area contributed by atoms with Crippen molar-refractivity contribution in [2.24, 2.45) is 5.73 Å². The molecule has 0 spiro atoms. The number of carbonyl (C=O) groups is 1. The van der Waals surface area contributed by atoms with Gasteiger partial charge in [-0.2, -0.15) is 0 Å². The molecule has 1 rings (SSSR count). The molecule has 20 heavy (non-hydrogen) atoms. The number of methoxy groups -OCH3 is 1. The number of carbonyl (C=O) groups excluding carboxylic acids is 1. The second-order valence-corrected chi connectivity index (χ2v) is 6.01. The van der Waals surface area contributed by atoms with E-state index in [4.69, 9.17) is 5.73 Å². The molecule has 0 heterocycles. The van der Waals surface area contributed by atoms with Crippen molar-refractivity contribution in [1.29, 1.82) is 0 Å². The zero-order chi connectivity index (χ0) is 15.2. The van der Waals surface area contributed by atoms with Gasteiger partial charge < -0.3 is 10.5 Å². The number of sulfonamides is 1. The van der Waals surface area contributed by atoms with E-state index in [1.165, 1.54) is 19.2 Å². The van der Waals surface area contributed by atoms with E-state index < -0.39 is 16.0 Å². The monoisotopic (exact) mass is 300 g/mol. The van der Waals surface area contributed by atoms with Gasteiger partial charge in [0.25, 0.3) is 0 Å². The first kappa shape index (κ1) is 16.6. The smallest absolute Gasteiger partial charge is 0.339 e. The number of esters is 1. The number of hydrogen-bond acceptors (Lipinski definition) is 5. The number of hydrogen-bond donors (Lipinski definition) is 2. The van der Waals surface area contributed by atoms with Crippen molar-refractivity contribution < 1.29 is 17.9 Å². The minimum absolute atomic E-state index is 0.00905. The summed E-state index contributed by atoms with van der Waals surface area (Å²) < 4.78 is 31.8. The Bertz CT molecular complexity index is 557. The Morgan fingerprint density at radius 2 is 2.05 bits per heavy atom. The van der Waals surface area contributed by atoms with E-state index in [0.29, 0.717) is 6.42 Å². The number of benzene rings is 1. The predicted molar refractivity (Wildman–Crippen MR) is 75.9 cm³/mol. The van der Waals surface area contributed by atoms with Crippen LogP contribution in [0, 0.1) is 0 Å². The maximum Gasteiger partial charge on any atom is 0.339 e. The molecule has 0 fully saturated rings. The first-order valence-electron chi connectivity index (χ1n) is 6.36. The van der Waals surface area contributed by atoms with Crippen LogP contribution in [0.4, 0.5) is 0 Å². The lowest BCUT2D eigenvalue weighted by Gasteiger charge is -2.17. The van der Waals surface area contributed by atoms with Gasteiger partial charge in [0.15, 0.2) is 0 Å². The van der Waals surface area contributed by atoms with Crippen LogP contribution < -0.4 is 10.5 Å². The molecule has 0 aliphatic carbocycles. The molecule has 3 N–H and O–H groups in total. The third-order valence-electron chi connectivity index (χ3n) is 2.83. The van der Waals surface area contributed by atoms with Crippen molar-refractivity contribution in [1.82, 2.24) is 4.72 Å². The third kappa shape index (κ3) is 4.03. The molecule has 7 heteroatoms. The molecule has 1 aromatic carbocycles. The van der Waals surface area contributed by atoms with Crippen LogP contribution in [0.25, 0.3) is 0 Å². The van der Waals surface area contributed by atoms with Crippen molar-refractivity contribution in [2.75, 3.05) is 13.7 Å². The fraction of sp³-hybridized carbons (Fsp3) is 0.462. The minimum Gasteiger partial charge on any atom is -0.465 e. The molecule has 112 valence electrons. The second-order valence-electron chi connectivity index (χ2n) is 4.33. The van der Waals surface area contributed by atoms with Crippen LogP contribution in [-0.2, 0) is 14.8 Å². The van der Waals surface area contributed by atoms with Gasteiger partial charge >= 0.3 is 5.97 Å². The van der Waals surface area contributed by atoms with Crippen LogP contribution >= 0.6 is 0 Å². The zero-order valence-corrected chi connectivity index (χ0v) is 12.4. The van der Waals surface area contributed by atoms with Crippen LogP contribution in [0.3, 0.4) is 0 Å². The summed E-state index contributed by atoms with van der Waals surface area (Å²) in [6.07, 6.45) is 1.44. The summed E-state index contributed by atoms with van der Waals surface area (Å²) in [5.41, 5.74) is 5.56. The molecular weight excluding hydrogens is 280 g/mol. The number of nitrogens with two attached hydrogens (primary N) is 1.